The second kappa shape index (κ2) is 10.9. The van der Waals surface area contributed by atoms with Gasteiger partial charge in [0.2, 0.25) is 0 Å². The molecule has 11 heteroatoms. The Bertz CT molecular complexity index is 1470. The molecule has 0 bridgehead atoms. The number of nitrogens with zero attached hydrogens (tertiary/aromatic N) is 4. The van der Waals surface area contributed by atoms with Crippen LogP contribution in [-0.2, 0) is 23.8 Å². The quantitative estimate of drug-likeness (QED) is 0.294. The van der Waals surface area contributed by atoms with Crippen molar-refractivity contribution in [3.63, 3.8) is 0 Å². The topological polar surface area (TPSA) is 107 Å². The lowest BCUT2D eigenvalue weighted by atomic mass is 9.93. The van der Waals surface area contributed by atoms with Crippen LogP contribution in [-0.4, -0.2) is 40.0 Å². The molecule has 2 atom stereocenters. The highest BCUT2D eigenvalue weighted by Gasteiger charge is 2.40. The maximum atomic E-state index is 13.2. The second-order valence-corrected chi connectivity index (χ2v) is 11.5. The predicted octanol–water partition coefficient (Wildman–Crippen LogP) is 5.36. The molecule has 3 aromatic heterocycles. The van der Waals surface area contributed by atoms with Gasteiger partial charge in [0.15, 0.2) is 11.9 Å². The van der Waals surface area contributed by atoms with Gasteiger partial charge >= 0.3 is 6.18 Å². The Morgan fingerprint density at radius 2 is 1.82 bits per heavy atom. The molecule has 3 heterocycles. The number of nitrogens with two attached hydrogens (primary N) is 1. The summed E-state index contributed by atoms with van der Waals surface area (Å²) in [4.78, 5) is 8.95. The fraction of sp³-hybridized carbons (Fsp3) is 0.370. The van der Waals surface area contributed by atoms with Gasteiger partial charge in [-0.15, -0.1) is 0 Å². The van der Waals surface area contributed by atoms with E-state index in [9.17, 15) is 22.5 Å². The zero-order chi connectivity index (χ0) is 27.7. The minimum absolute atomic E-state index is 0.107. The molecule has 0 aliphatic carbocycles. The number of alkyl halides is 3. The molecule has 38 heavy (non-hydrogen) atoms. The molecular weight excluding hydrogens is 515 g/mol. The van der Waals surface area contributed by atoms with Crippen molar-refractivity contribution >= 4 is 21.9 Å². The smallest absolute Gasteiger partial charge is 0.378 e. The van der Waals surface area contributed by atoms with Crippen LogP contribution in [0.25, 0.3) is 28.0 Å². The monoisotopic (exact) mass is 545 g/mol. The van der Waals surface area contributed by atoms with Gasteiger partial charge in [0, 0.05) is 16.6 Å². The van der Waals surface area contributed by atoms with E-state index in [1.807, 2.05) is 30.3 Å². The first kappa shape index (κ1) is 27.9. The number of hydrogen-bond acceptors (Lipinski definition) is 5. The van der Waals surface area contributed by atoms with Gasteiger partial charge in [0.1, 0.15) is 0 Å². The lowest BCUT2D eigenvalue weighted by Crippen LogP contribution is -2.34. The third kappa shape index (κ3) is 5.79. The maximum Gasteiger partial charge on any atom is 0.420 e. The van der Waals surface area contributed by atoms with Gasteiger partial charge < -0.3 is 5.11 Å². The van der Waals surface area contributed by atoms with Crippen LogP contribution in [0, 0.1) is 0 Å². The molecule has 3 N–H and O–H groups in total. The molecule has 0 saturated heterocycles. The van der Waals surface area contributed by atoms with Crippen LogP contribution >= 0.6 is 0 Å². The summed E-state index contributed by atoms with van der Waals surface area (Å²) in [5, 5.41) is 20.7. The first-order valence-electron chi connectivity index (χ1n) is 12.3. The molecule has 4 aromatic rings. The normalized spacial score (nSPS) is 14.1. The molecular formula is C27H30F3N5O2S. The number of fused-ring (bicyclic) bond motifs is 1. The van der Waals surface area contributed by atoms with Gasteiger partial charge in [-0.3, -0.25) is 10.1 Å². The van der Waals surface area contributed by atoms with E-state index in [0.29, 0.717) is 10.9 Å². The van der Waals surface area contributed by atoms with Crippen LogP contribution in [0.4, 0.5) is 13.2 Å². The van der Waals surface area contributed by atoms with Crippen molar-refractivity contribution in [2.45, 2.75) is 63.5 Å². The summed E-state index contributed by atoms with van der Waals surface area (Å²) in [6.45, 7) is 5.69. The Morgan fingerprint density at radius 3 is 2.50 bits per heavy atom. The standard InChI is InChI=1S/C27H30F3N5O2S/c1-4-5-8-18-9-6-10-21(33-18)19-14-13-17-16-32-35(24(17)20(19)15-26(2,3)38(31)37)23-12-7-11-22(34-23)25(36)27(28,29)30/h6-7,9-14,16,25,36H,4-5,8,15,31H2,1-3H3/t25-,38+/m1/s1. The van der Waals surface area contributed by atoms with Crippen molar-refractivity contribution in [2.24, 2.45) is 5.14 Å². The van der Waals surface area contributed by atoms with Crippen LogP contribution in [0.15, 0.2) is 54.7 Å². The third-order valence-electron chi connectivity index (χ3n) is 6.42. The zero-order valence-corrected chi connectivity index (χ0v) is 22.2. The van der Waals surface area contributed by atoms with Crippen molar-refractivity contribution in [1.82, 2.24) is 19.7 Å². The highest BCUT2D eigenvalue weighted by Crippen LogP contribution is 2.35. The molecule has 0 aliphatic rings. The largest absolute Gasteiger partial charge is 0.420 e. The van der Waals surface area contributed by atoms with Gasteiger partial charge in [0.05, 0.1) is 38.8 Å². The number of halogens is 3. The second-order valence-electron chi connectivity index (χ2n) is 9.80. The summed E-state index contributed by atoms with van der Waals surface area (Å²) < 4.78 is 52.6. The van der Waals surface area contributed by atoms with Crippen LogP contribution in [0.2, 0.25) is 0 Å². The SMILES string of the molecule is CCCCc1cccc(-c2ccc3cnn(-c4cccc([C@@H](O)C(F)(F)F)n4)c3c2CC(C)(C)[S@@](N)=O)n1. The fourth-order valence-corrected chi connectivity index (χ4v) is 4.57. The zero-order valence-electron chi connectivity index (χ0n) is 21.4. The third-order valence-corrected chi connectivity index (χ3v) is 7.65. The Balaban J connectivity index is 1.94. The number of benzene rings is 1. The number of unbranched alkanes of at least 4 members (excludes halogenated alkanes) is 1. The molecule has 0 fully saturated rings. The average Bonchev–Trinajstić information content (AvgIpc) is 3.31. The molecule has 1 aromatic carbocycles. The summed E-state index contributed by atoms with van der Waals surface area (Å²) in [5.74, 6) is 0.107. The van der Waals surface area contributed by atoms with Crippen LogP contribution in [0.1, 0.15) is 56.7 Å². The summed E-state index contributed by atoms with van der Waals surface area (Å²) >= 11 is 0. The van der Waals surface area contributed by atoms with Crippen molar-refractivity contribution < 1.29 is 22.5 Å². The molecule has 202 valence electrons. The van der Waals surface area contributed by atoms with Crippen LogP contribution in [0.5, 0.6) is 0 Å². The van der Waals surface area contributed by atoms with Crippen molar-refractivity contribution in [3.8, 4) is 17.1 Å². The number of aryl methyl sites for hydroxylation is 1. The van der Waals surface area contributed by atoms with E-state index in [-0.39, 0.29) is 12.2 Å². The van der Waals surface area contributed by atoms with Crippen molar-refractivity contribution in [1.29, 1.82) is 0 Å². The van der Waals surface area contributed by atoms with Gasteiger partial charge in [-0.05, 0) is 62.9 Å². The van der Waals surface area contributed by atoms with E-state index in [1.54, 1.807) is 20.0 Å². The average molecular weight is 546 g/mol. The Kier molecular flexibility index (Phi) is 8.01. The predicted molar refractivity (Wildman–Crippen MR) is 142 cm³/mol. The van der Waals surface area contributed by atoms with Gasteiger partial charge in [-0.1, -0.05) is 37.6 Å². The molecule has 0 spiro atoms. The number of pyridine rings is 2. The van der Waals surface area contributed by atoms with E-state index in [0.717, 1.165) is 47.8 Å². The Morgan fingerprint density at radius 1 is 1.08 bits per heavy atom. The lowest BCUT2D eigenvalue weighted by molar-refractivity contribution is -0.207. The van der Waals surface area contributed by atoms with Crippen LogP contribution in [0.3, 0.4) is 0 Å². The van der Waals surface area contributed by atoms with Crippen molar-refractivity contribution in [2.75, 3.05) is 0 Å². The first-order chi connectivity index (χ1) is 17.9. The molecule has 0 radical (unpaired) electrons. The van der Waals surface area contributed by atoms with E-state index >= 15 is 0 Å². The minimum atomic E-state index is -4.86. The Hall–Kier alpha value is -3.15. The van der Waals surface area contributed by atoms with Gasteiger partial charge in [-0.25, -0.2) is 13.9 Å². The number of rotatable bonds is 9. The summed E-state index contributed by atoms with van der Waals surface area (Å²) in [5.41, 5.74) is 3.24. The van der Waals surface area contributed by atoms with Gasteiger partial charge in [0.25, 0.3) is 0 Å². The van der Waals surface area contributed by atoms with E-state index in [2.05, 4.69) is 17.0 Å². The lowest BCUT2D eigenvalue weighted by Gasteiger charge is -2.24. The number of aromatic nitrogens is 4. The molecule has 0 aliphatic heterocycles. The van der Waals surface area contributed by atoms with Crippen molar-refractivity contribution in [3.05, 3.63) is 71.7 Å². The fourth-order valence-electron chi connectivity index (χ4n) is 4.28. The Labute approximate surface area is 221 Å². The molecule has 7 nitrogen and oxygen atoms in total. The molecule has 0 unspecified atom stereocenters. The first-order valence-corrected chi connectivity index (χ1v) is 13.5. The van der Waals surface area contributed by atoms with E-state index in [1.165, 1.54) is 16.8 Å². The van der Waals surface area contributed by atoms with Gasteiger partial charge in [-0.2, -0.15) is 18.3 Å². The highest BCUT2D eigenvalue weighted by atomic mass is 32.2. The molecule has 4 rings (SSSR count). The highest BCUT2D eigenvalue weighted by molar-refractivity contribution is 7.84. The summed E-state index contributed by atoms with van der Waals surface area (Å²) in [7, 11) is -1.68. The molecule has 0 amide bonds. The summed E-state index contributed by atoms with van der Waals surface area (Å²) in [6, 6.07) is 13.6. The number of hydrogen-bond donors (Lipinski definition) is 2. The van der Waals surface area contributed by atoms with E-state index < -0.39 is 33.7 Å². The maximum absolute atomic E-state index is 13.2. The number of aliphatic hydroxyl groups is 1. The van der Waals surface area contributed by atoms with Crippen LogP contribution < -0.4 is 5.14 Å². The minimum Gasteiger partial charge on any atom is -0.378 e. The number of aliphatic hydroxyl groups excluding tert-OH is 1. The summed E-state index contributed by atoms with van der Waals surface area (Å²) in [6.07, 6.45) is -2.85. The van der Waals surface area contributed by atoms with E-state index in [4.69, 9.17) is 10.1 Å². The molecule has 0 saturated carbocycles.